The quantitative estimate of drug-likeness (QED) is 0.880. The van der Waals surface area contributed by atoms with Gasteiger partial charge in [0.15, 0.2) is 0 Å². The first-order valence-electron chi connectivity index (χ1n) is 6.53. The molecule has 0 amide bonds. The third-order valence-electron chi connectivity index (χ3n) is 3.39. The molecule has 0 radical (unpaired) electrons. The van der Waals surface area contributed by atoms with Crippen LogP contribution in [0.25, 0.3) is 0 Å². The van der Waals surface area contributed by atoms with E-state index in [1.54, 1.807) is 6.92 Å². The van der Waals surface area contributed by atoms with Crippen molar-refractivity contribution >= 4 is 11.6 Å². The molecule has 0 aromatic heterocycles. The molecule has 2 aromatic carbocycles. The average Bonchev–Trinajstić information content (AvgIpc) is 2.32. The van der Waals surface area contributed by atoms with Crippen LogP contribution < -0.4 is 0 Å². The van der Waals surface area contributed by atoms with Gasteiger partial charge in [-0.05, 0) is 50.1 Å². The van der Waals surface area contributed by atoms with Crippen molar-refractivity contribution in [3.05, 3.63) is 69.5 Å². The van der Waals surface area contributed by atoms with Gasteiger partial charge in [-0.25, -0.2) is 4.39 Å². The second kappa shape index (κ2) is 5.55. The molecule has 1 nitrogen and oxygen atoms in total. The Kier molecular flexibility index (Phi) is 4.17. The standard InChI is InChI=1S/C17H18ClFO/c1-11-6-12(2)8-14(7-11)17(3,20)10-13-9-15(19)4-5-16(13)18/h4-9,20H,10H2,1-3H3. The topological polar surface area (TPSA) is 20.2 Å². The summed E-state index contributed by atoms with van der Waals surface area (Å²) in [4.78, 5) is 0. The Hall–Kier alpha value is -1.38. The summed E-state index contributed by atoms with van der Waals surface area (Å²) < 4.78 is 13.3. The van der Waals surface area contributed by atoms with Gasteiger partial charge >= 0.3 is 0 Å². The van der Waals surface area contributed by atoms with Gasteiger partial charge in [0.1, 0.15) is 5.82 Å². The summed E-state index contributed by atoms with van der Waals surface area (Å²) in [6.07, 6.45) is 0.270. The van der Waals surface area contributed by atoms with Crippen molar-refractivity contribution in [2.45, 2.75) is 32.8 Å². The molecule has 0 fully saturated rings. The highest BCUT2D eigenvalue weighted by Crippen LogP contribution is 2.30. The number of aryl methyl sites for hydroxylation is 2. The van der Waals surface area contributed by atoms with E-state index in [1.165, 1.54) is 18.2 Å². The molecule has 20 heavy (non-hydrogen) atoms. The lowest BCUT2D eigenvalue weighted by Gasteiger charge is -2.25. The van der Waals surface area contributed by atoms with Gasteiger partial charge in [0.05, 0.1) is 5.60 Å². The summed E-state index contributed by atoms with van der Waals surface area (Å²) in [5.74, 6) is -0.347. The van der Waals surface area contributed by atoms with Crippen molar-refractivity contribution in [2.75, 3.05) is 0 Å². The van der Waals surface area contributed by atoms with Gasteiger partial charge in [-0.15, -0.1) is 0 Å². The maximum absolute atomic E-state index is 13.3. The zero-order valence-electron chi connectivity index (χ0n) is 11.9. The fourth-order valence-electron chi connectivity index (χ4n) is 2.44. The summed E-state index contributed by atoms with van der Waals surface area (Å²) in [6.45, 7) is 5.70. The SMILES string of the molecule is Cc1cc(C)cc(C(C)(O)Cc2cc(F)ccc2Cl)c1. The molecule has 0 saturated heterocycles. The monoisotopic (exact) mass is 292 g/mol. The number of halogens is 2. The van der Waals surface area contributed by atoms with Gasteiger partial charge in [0, 0.05) is 11.4 Å². The Morgan fingerprint density at radius 1 is 1.10 bits per heavy atom. The van der Waals surface area contributed by atoms with Crippen molar-refractivity contribution < 1.29 is 9.50 Å². The zero-order chi connectivity index (χ0) is 14.9. The predicted octanol–water partition coefficient (Wildman–Crippen LogP) is 4.55. The maximum Gasteiger partial charge on any atom is 0.123 e. The van der Waals surface area contributed by atoms with Crippen LogP contribution in [0, 0.1) is 19.7 Å². The minimum absolute atomic E-state index is 0.270. The van der Waals surface area contributed by atoms with Crippen LogP contribution in [0.3, 0.4) is 0 Å². The molecule has 0 bridgehead atoms. The van der Waals surface area contributed by atoms with E-state index in [0.29, 0.717) is 10.6 Å². The first kappa shape index (κ1) is 15.0. The summed E-state index contributed by atoms with van der Waals surface area (Å²) in [5, 5.41) is 11.2. The van der Waals surface area contributed by atoms with Crippen molar-refractivity contribution in [1.82, 2.24) is 0 Å². The van der Waals surface area contributed by atoms with E-state index in [2.05, 4.69) is 6.07 Å². The van der Waals surface area contributed by atoms with Gasteiger partial charge in [0.25, 0.3) is 0 Å². The van der Waals surface area contributed by atoms with Gasteiger partial charge < -0.3 is 5.11 Å². The Bertz CT molecular complexity index is 615. The van der Waals surface area contributed by atoms with Crippen LogP contribution in [0.4, 0.5) is 4.39 Å². The first-order chi connectivity index (χ1) is 9.28. The molecule has 1 atom stereocenters. The number of benzene rings is 2. The van der Waals surface area contributed by atoms with Crippen molar-refractivity contribution in [1.29, 1.82) is 0 Å². The second-order valence-electron chi connectivity index (χ2n) is 5.56. The van der Waals surface area contributed by atoms with Crippen LogP contribution in [-0.2, 0) is 12.0 Å². The third-order valence-corrected chi connectivity index (χ3v) is 3.75. The molecular formula is C17H18ClFO. The smallest absolute Gasteiger partial charge is 0.123 e. The molecule has 1 N–H and O–H groups in total. The highest BCUT2D eigenvalue weighted by atomic mass is 35.5. The van der Waals surface area contributed by atoms with Crippen molar-refractivity contribution in [2.24, 2.45) is 0 Å². The second-order valence-corrected chi connectivity index (χ2v) is 5.97. The van der Waals surface area contributed by atoms with E-state index in [-0.39, 0.29) is 12.2 Å². The molecule has 0 saturated carbocycles. The number of aliphatic hydroxyl groups is 1. The Morgan fingerprint density at radius 2 is 1.70 bits per heavy atom. The molecule has 106 valence electrons. The molecule has 0 aliphatic carbocycles. The fraction of sp³-hybridized carbons (Fsp3) is 0.294. The zero-order valence-corrected chi connectivity index (χ0v) is 12.6. The van der Waals surface area contributed by atoms with Crippen LogP contribution in [0.1, 0.15) is 29.2 Å². The molecule has 1 unspecified atom stereocenters. The number of rotatable bonds is 3. The minimum atomic E-state index is -1.09. The van der Waals surface area contributed by atoms with E-state index in [1.807, 2.05) is 26.0 Å². The van der Waals surface area contributed by atoms with Gasteiger partial charge in [-0.2, -0.15) is 0 Å². The molecular weight excluding hydrogens is 275 g/mol. The highest BCUT2D eigenvalue weighted by Gasteiger charge is 2.25. The van der Waals surface area contributed by atoms with Crippen molar-refractivity contribution in [3.8, 4) is 0 Å². The van der Waals surface area contributed by atoms with E-state index < -0.39 is 5.60 Å². The third kappa shape index (κ3) is 3.38. The normalized spacial score (nSPS) is 14.1. The first-order valence-corrected chi connectivity index (χ1v) is 6.91. The molecule has 2 rings (SSSR count). The molecule has 2 aromatic rings. The minimum Gasteiger partial charge on any atom is -0.385 e. The predicted molar refractivity (Wildman–Crippen MR) is 80.6 cm³/mol. The van der Waals surface area contributed by atoms with Crippen LogP contribution in [0.15, 0.2) is 36.4 Å². The maximum atomic E-state index is 13.3. The largest absolute Gasteiger partial charge is 0.385 e. The summed E-state index contributed by atoms with van der Waals surface area (Å²) >= 11 is 6.07. The van der Waals surface area contributed by atoms with E-state index in [4.69, 9.17) is 11.6 Å². The Labute approximate surface area is 124 Å². The van der Waals surface area contributed by atoms with E-state index in [9.17, 15) is 9.50 Å². The van der Waals surface area contributed by atoms with Crippen LogP contribution in [0.5, 0.6) is 0 Å². The summed E-state index contributed by atoms with van der Waals surface area (Å²) in [5.41, 5.74) is 2.51. The van der Waals surface area contributed by atoms with Gasteiger partial charge in [-0.3, -0.25) is 0 Å². The highest BCUT2D eigenvalue weighted by molar-refractivity contribution is 6.31. The summed E-state index contributed by atoms with van der Waals surface area (Å²) in [6, 6.07) is 10.1. The van der Waals surface area contributed by atoms with Crippen LogP contribution >= 0.6 is 11.6 Å². The lowest BCUT2D eigenvalue weighted by atomic mass is 9.87. The van der Waals surface area contributed by atoms with Gasteiger partial charge in [-0.1, -0.05) is 40.9 Å². The average molecular weight is 293 g/mol. The molecule has 0 heterocycles. The molecule has 0 spiro atoms. The lowest BCUT2D eigenvalue weighted by molar-refractivity contribution is 0.0574. The van der Waals surface area contributed by atoms with Crippen LogP contribution in [0.2, 0.25) is 5.02 Å². The summed E-state index contributed by atoms with van der Waals surface area (Å²) in [7, 11) is 0. The molecule has 0 aliphatic heterocycles. The Morgan fingerprint density at radius 3 is 2.30 bits per heavy atom. The van der Waals surface area contributed by atoms with Gasteiger partial charge in [0.2, 0.25) is 0 Å². The fourth-order valence-corrected chi connectivity index (χ4v) is 2.62. The van der Waals surface area contributed by atoms with Crippen molar-refractivity contribution in [3.63, 3.8) is 0 Å². The van der Waals surface area contributed by atoms with E-state index >= 15 is 0 Å². The lowest BCUT2D eigenvalue weighted by Crippen LogP contribution is -2.24. The van der Waals surface area contributed by atoms with E-state index in [0.717, 1.165) is 16.7 Å². The number of hydrogen-bond donors (Lipinski definition) is 1. The number of hydrogen-bond acceptors (Lipinski definition) is 1. The Balaban J connectivity index is 2.37. The van der Waals surface area contributed by atoms with Crippen LogP contribution in [-0.4, -0.2) is 5.11 Å². The molecule has 3 heteroatoms. The molecule has 0 aliphatic rings.